The van der Waals surface area contributed by atoms with Gasteiger partial charge in [0.1, 0.15) is 0 Å². The first-order valence-corrected chi connectivity index (χ1v) is 5.04. The third-order valence-electron chi connectivity index (χ3n) is 2.60. The van der Waals surface area contributed by atoms with Crippen molar-refractivity contribution in [2.75, 3.05) is 6.54 Å². The Labute approximate surface area is 88.1 Å². The maximum atomic E-state index is 11.6. The van der Waals surface area contributed by atoms with Crippen LogP contribution in [-0.4, -0.2) is 40.3 Å². The standard InChI is InChI=1S/C10H15NO4/c1-7(12)8-3-2-6-11(8)9(13)4-5-10(14)15/h8H,2-6H2,1H3,(H,14,15)/t8-/m0/s1. The third-order valence-corrected chi connectivity index (χ3v) is 2.60. The maximum absolute atomic E-state index is 11.6. The molecule has 1 aliphatic heterocycles. The minimum Gasteiger partial charge on any atom is -0.481 e. The monoisotopic (exact) mass is 213 g/mol. The predicted octanol–water partition coefficient (Wildman–Crippen LogP) is 0.431. The van der Waals surface area contributed by atoms with Gasteiger partial charge in [0.25, 0.3) is 0 Å². The highest BCUT2D eigenvalue weighted by atomic mass is 16.4. The van der Waals surface area contributed by atoms with Crippen LogP contribution in [0.4, 0.5) is 0 Å². The van der Waals surface area contributed by atoms with Crippen LogP contribution in [0.3, 0.4) is 0 Å². The highest BCUT2D eigenvalue weighted by molar-refractivity contribution is 5.89. The fraction of sp³-hybridized carbons (Fsp3) is 0.700. The van der Waals surface area contributed by atoms with E-state index < -0.39 is 5.97 Å². The Morgan fingerprint density at radius 1 is 1.33 bits per heavy atom. The Balaban J connectivity index is 2.51. The van der Waals surface area contributed by atoms with Crippen molar-refractivity contribution in [2.24, 2.45) is 0 Å². The molecule has 0 bridgehead atoms. The number of carboxylic acids is 1. The van der Waals surface area contributed by atoms with E-state index in [4.69, 9.17) is 5.11 Å². The first-order valence-electron chi connectivity index (χ1n) is 5.04. The van der Waals surface area contributed by atoms with E-state index in [2.05, 4.69) is 0 Å². The molecule has 0 aliphatic carbocycles. The second-order valence-electron chi connectivity index (χ2n) is 3.75. The molecule has 15 heavy (non-hydrogen) atoms. The number of likely N-dealkylation sites (tertiary alicyclic amines) is 1. The van der Waals surface area contributed by atoms with Crippen LogP contribution in [0.25, 0.3) is 0 Å². The van der Waals surface area contributed by atoms with Gasteiger partial charge in [0, 0.05) is 13.0 Å². The minimum atomic E-state index is -0.984. The second-order valence-corrected chi connectivity index (χ2v) is 3.75. The van der Waals surface area contributed by atoms with Gasteiger partial charge in [-0.05, 0) is 19.8 Å². The number of carbonyl (C=O) groups excluding carboxylic acids is 2. The fourth-order valence-electron chi connectivity index (χ4n) is 1.85. The van der Waals surface area contributed by atoms with Gasteiger partial charge in [-0.3, -0.25) is 14.4 Å². The van der Waals surface area contributed by atoms with Gasteiger partial charge in [-0.1, -0.05) is 0 Å². The van der Waals surface area contributed by atoms with Crippen LogP contribution in [0.2, 0.25) is 0 Å². The summed E-state index contributed by atoms with van der Waals surface area (Å²) in [5, 5.41) is 8.44. The molecule has 0 radical (unpaired) electrons. The lowest BCUT2D eigenvalue weighted by atomic mass is 10.1. The van der Waals surface area contributed by atoms with Gasteiger partial charge in [-0.15, -0.1) is 0 Å². The zero-order valence-corrected chi connectivity index (χ0v) is 8.73. The quantitative estimate of drug-likeness (QED) is 0.734. The summed E-state index contributed by atoms with van der Waals surface area (Å²) >= 11 is 0. The summed E-state index contributed by atoms with van der Waals surface area (Å²) in [5.74, 6) is -1.23. The Morgan fingerprint density at radius 2 is 2.00 bits per heavy atom. The van der Waals surface area contributed by atoms with E-state index in [1.807, 2.05) is 0 Å². The second kappa shape index (κ2) is 4.91. The molecule has 1 rings (SSSR count). The first-order chi connectivity index (χ1) is 7.02. The molecule has 1 heterocycles. The highest BCUT2D eigenvalue weighted by Gasteiger charge is 2.31. The predicted molar refractivity (Wildman–Crippen MR) is 52.3 cm³/mol. The van der Waals surface area contributed by atoms with E-state index in [9.17, 15) is 14.4 Å². The molecule has 1 atom stereocenters. The van der Waals surface area contributed by atoms with Crippen LogP contribution in [-0.2, 0) is 14.4 Å². The van der Waals surface area contributed by atoms with Gasteiger partial charge in [0.15, 0.2) is 5.78 Å². The van der Waals surface area contributed by atoms with Crippen molar-refractivity contribution in [3.8, 4) is 0 Å². The number of carboxylic acid groups (broad SMARTS) is 1. The Kier molecular flexibility index (Phi) is 3.82. The molecule has 0 saturated carbocycles. The van der Waals surface area contributed by atoms with Gasteiger partial charge < -0.3 is 10.0 Å². The number of carbonyl (C=O) groups is 3. The molecule has 1 N–H and O–H groups in total. The molecule has 1 amide bonds. The lowest BCUT2D eigenvalue weighted by molar-refractivity contribution is -0.142. The van der Waals surface area contributed by atoms with Crippen LogP contribution < -0.4 is 0 Å². The minimum absolute atomic E-state index is 0.0148. The van der Waals surface area contributed by atoms with Crippen molar-refractivity contribution in [1.29, 1.82) is 0 Å². The van der Waals surface area contributed by atoms with Crippen LogP contribution in [0, 0.1) is 0 Å². The maximum Gasteiger partial charge on any atom is 0.303 e. The number of amides is 1. The van der Waals surface area contributed by atoms with Gasteiger partial charge in [-0.25, -0.2) is 0 Å². The fourth-order valence-corrected chi connectivity index (χ4v) is 1.85. The smallest absolute Gasteiger partial charge is 0.303 e. The van der Waals surface area contributed by atoms with Crippen molar-refractivity contribution in [3.05, 3.63) is 0 Å². The van der Waals surface area contributed by atoms with E-state index in [0.29, 0.717) is 13.0 Å². The number of rotatable bonds is 4. The van der Waals surface area contributed by atoms with E-state index in [1.165, 1.54) is 11.8 Å². The number of hydrogen-bond acceptors (Lipinski definition) is 3. The average Bonchev–Trinajstić information content (AvgIpc) is 2.62. The lowest BCUT2D eigenvalue weighted by Crippen LogP contribution is -2.39. The first kappa shape index (κ1) is 11.7. The summed E-state index contributed by atoms with van der Waals surface area (Å²) in [4.78, 5) is 34.6. The number of aliphatic carboxylic acids is 1. The summed E-state index contributed by atoms with van der Waals surface area (Å²) in [7, 11) is 0. The number of Topliss-reactive ketones (excluding diaryl/α,β-unsaturated/α-hetero) is 1. The summed E-state index contributed by atoms with van der Waals surface area (Å²) < 4.78 is 0. The molecular weight excluding hydrogens is 198 g/mol. The number of ketones is 1. The summed E-state index contributed by atoms with van der Waals surface area (Å²) in [6, 6.07) is -0.328. The molecule has 1 fully saturated rings. The molecule has 1 saturated heterocycles. The zero-order chi connectivity index (χ0) is 11.4. The molecule has 0 unspecified atom stereocenters. The van der Waals surface area contributed by atoms with Gasteiger partial charge >= 0.3 is 5.97 Å². The van der Waals surface area contributed by atoms with Crippen LogP contribution in [0.5, 0.6) is 0 Å². The molecule has 0 aromatic rings. The van der Waals surface area contributed by atoms with Crippen molar-refractivity contribution in [2.45, 2.75) is 38.6 Å². The molecule has 5 heteroatoms. The Bertz CT molecular complexity index is 287. The zero-order valence-electron chi connectivity index (χ0n) is 8.73. The number of nitrogens with zero attached hydrogens (tertiary/aromatic N) is 1. The van der Waals surface area contributed by atoms with Crippen molar-refractivity contribution >= 4 is 17.7 Å². The van der Waals surface area contributed by atoms with E-state index >= 15 is 0 Å². The summed E-state index contributed by atoms with van der Waals surface area (Å²) in [6.07, 6.45) is 1.34. The Morgan fingerprint density at radius 3 is 2.53 bits per heavy atom. The van der Waals surface area contributed by atoms with Crippen LogP contribution in [0.15, 0.2) is 0 Å². The number of hydrogen-bond donors (Lipinski definition) is 1. The highest BCUT2D eigenvalue weighted by Crippen LogP contribution is 2.19. The van der Waals surface area contributed by atoms with E-state index in [-0.39, 0.29) is 30.6 Å². The third kappa shape index (κ3) is 3.04. The largest absolute Gasteiger partial charge is 0.481 e. The topological polar surface area (TPSA) is 74.7 Å². The van der Waals surface area contributed by atoms with Gasteiger partial charge in [-0.2, -0.15) is 0 Å². The van der Waals surface area contributed by atoms with Crippen LogP contribution in [0.1, 0.15) is 32.6 Å². The van der Waals surface area contributed by atoms with Crippen molar-refractivity contribution in [3.63, 3.8) is 0 Å². The summed E-state index contributed by atoms with van der Waals surface area (Å²) in [6.45, 7) is 2.04. The molecule has 1 aliphatic rings. The van der Waals surface area contributed by atoms with Crippen molar-refractivity contribution < 1.29 is 19.5 Å². The SMILES string of the molecule is CC(=O)[C@@H]1CCCN1C(=O)CCC(=O)O. The molecule has 0 aromatic carbocycles. The Hall–Kier alpha value is -1.39. The molecule has 0 spiro atoms. The summed E-state index contributed by atoms with van der Waals surface area (Å²) in [5.41, 5.74) is 0. The molecule has 5 nitrogen and oxygen atoms in total. The van der Waals surface area contributed by atoms with Gasteiger partial charge in [0.05, 0.1) is 12.5 Å². The van der Waals surface area contributed by atoms with Gasteiger partial charge in [0.2, 0.25) is 5.91 Å². The average molecular weight is 213 g/mol. The lowest BCUT2D eigenvalue weighted by Gasteiger charge is -2.22. The van der Waals surface area contributed by atoms with E-state index in [1.54, 1.807) is 0 Å². The molecular formula is C10H15NO4. The molecule has 0 aromatic heterocycles. The molecule has 84 valence electrons. The van der Waals surface area contributed by atoms with Crippen LogP contribution >= 0.6 is 0 Å². The van der Waals surface area contributed by atoms with E-state index in [0.717, 1.165) is 6.42 Å². The normalized spacial score (nSPS) is 20.3. The van der Waals surface area contributed by atoms with Crippen molar-refractivity contribution in [1.82, 2.24) is 4.90 Å².